The van der Waals surface area contributed by atoms with Crippen molar-refractivity contribution in [3.8, 4) is 5.75 Å². The standard InChI is InChI=1S/C14H16N2O/c15-13(14-8-4-5-10-16-14)9-11-17-12-6-2-1-3-7-12/h1-8,10,13H,9,11,15H2. The summed E-state index contributed by atoms with van der Waals surface area (Å²) in [5.41, 5.74) is 6.92. The predicted molar refractivity (Wildman–Crippen MR) is 67.7 cm³/mol. The van der Waals surface area contributed by atoms with Crippen molar-refractivity contribution in [1.82, 2.24) is 4.98 Å². The molecule has 88 valence electrons. The van der Waals surface area contributed by atoms with Gasteiger partial charge in [0.25, 0.3) is 0 Å². The van der Waals surface area contributed by atoms with Gasteiger partial charge in [-0.15, -0.1) is 0 Å². The minimum absolute atomic E-state index is 0.0695. The number of nitrogens with zero attached hydrogens (tertiary/aromatic N) is 1. The molecule has 1 aromatic carbocycles. The smallest absolute Gasteiger partial charge is 0.119 e. The zero-order valence-electron chi connectivity index (χ0n) is 9.62. The Balaban J connectivity index is 1.79. The zero-order valence-corrected chi connectivity index (χ0v) is 9.62. The number of nitrogens with two attached hydrogens (primary N) is 1. The van der Waals surface area contributed by atoms with Crippen LogP contribution in [0.1, 0.15) is 18.2 Å². The fourth-order valence-electron chi connectivity index (χ4n) is 1.56. The quantitative estimate of drug-likeness (QED) is 0.855. The van der Waals surface area contributed by atoms with Crippen LogP contribution in [0.3, 0.4) is 0 Å². The summed E-state index contributed by atoms with van der Waals surface area (Å²) in [4.78, 5) is 4.22. The van der Waals surface area contributed by atoms with Gasteiger partial charge in [-0.3, -0.25) is 4.98 Å². The largest absolute Gasteiger partial charge is 0.494 e. The summed E-state index contributed by atoms with van der Waals surface area (Å²) in [5, 5.41) is 0. The van der Waals surface area contributed by atoms with E-state index in [1.54, 1.807) is 6.20 Å². The van der Waals surface area contributed by atoms with Crippen molar-refractivity contribution in [2.24, 2.45) is 5.73 Å². The third kappa shape index (κ3) is 3.57. The SMILES string of the molecule is NC(CCOc1ccccc1)c1ccccn1. The molecule has 0 radical (unpaired) electrons. The van der Waals surface area contributed by atoms with E-state index in [1.165, 1.54) is 0 Å². The molecule has 17 heavy (non-hydrogen) atoms. The highest BCUT2D eigenvalue weighted by molar-refractivity contribution is 5.20. The summed E-state index contributed by atoms with van der Waals surface area (Å²) >= 11 is 0. The molecule has 2 N–H and O–H groups in total. The van der Waals surface area contributed by atoms with Crippen molar-refractivity contribution >= 4 is 0 Å². The van der Waals surface area contributed by atoms with E-state index in [0.29, 0.717) is 6.61 Å². The normalized spacial score (nSPS) is 12.1. The Bertz CT molecular complexity index is 430. The first-order valence-corrected chi connectivity index (χ1v) is 5.70. The second-order valence-corrected chi connectivity index (χ2v) is 3.81. The Morgan fingerprint density at radius 1 is 1.06 bits per heavy atom. The summed E-state index contributed by atoms with van der Waals surface area (Å²) in [5.74, 6) is 0.876. The van der Waals surface area contributed by atoms with E-state index in [9.17, 15) is 0 Å². The number of pyridine rings is 1. The molecule has 0 aliphatic heterocycles. The second-order valence-electron chi connectivity index (χ2n) is 3.81. The average Bonchev–Trinajstić information content (AvgIpc) is 2.41. The Labute approximate surface area is 101 Å². The van der Waals surface area contributed by atoms with E-state index in [0.717, 1.165) is 17.9 Å². The van der Waals surface area contributed by atoms with Gasteiger partial charge in [0.2, 0.25) is 0 Å². The number of ether oxygens (including phenoxy) is 1. The first-order valence-electron chi connectivity index (χ1n) is 5.70. The lowest BCUT2D eigenvalue weighted by atomic mass is 10.1. The van der Waals surface area contributed by atoms with Crippen LogP contribution in [-0.2, 0) is 0 Å². The van der Waals surface area contributed by atoms with Crippen LogP contribution in [0, 0.1) is 0 Å². The molecule has 0 aliphatic rings. The van der Waals surface area contributed by atoms with E-state index < -0.39 is 0 Å². The van der Waals surface area contributed by atoms with Crippen LogP contribution in [0.25, 0.3) is 0 Å². The third-order valence-electron chi connectivity index (χ3n) is 2.51. The molecule has 0 spiro atoms. The highest BCUT2D eigenvalue weighted by Gasteiger charge is 2.06. The molecular weight excluding hydrogens is 212 g/mol. The average molecular weight is 228 g/mol. The summed E-state index contributed by atoms with van der Waals surface area (Å²) in [7, 11) is 0. The molecule has 2 rings (SSSR count). The van der Waals surface area contributed by atoms with Crippen molar-refractivity contribution in [2.45, 2.75) is 12.5 Å². The molecule has 0 saturated heterocycles. The lowest BCUT2D eigenvalue weighted by Gasteiger charge is -2.11. The van der Waals surface area contributed by atoms with Gasteiger partial charge in [-0.2, -0.15) is 0 Å². The van der Waals surface area contributed by atoms with E-state index in [1.807, 2.05) is 48.5 Å². The van der Waals surface area contributed by atoms with Crippen molar-refractivity contribution in [1.29, 1.82) is 0 Å². The summed E-state index contributed by atoms with van der Waals surface area (Å²) in [6.45, 7) is 0.599. The van der Waals surface area contributed by atoms with Crippen LogP contribution in [0.5, 0.6) is 5.75 Å². The maximum absolute atomic E-state index is 6.02. The van der Waals surface area contributed by atoms with Gasteiger partial charge in [0.05, 0.1) is 18.3 Å². The van der Waals surface area contributed by atoms with E-state index in [-0.39, 0.29) is 6.04 Å². The van der Waals surface area contributed by atoms with E-state index >= 15 is 0 Å². The minimum atomic E-state index is -0.0695. The van der Waals surface area contributed by atoms with Gasteiger partial charge < -0.3 is 10.5 Å². The molecular formula is C14H16N2O. The zero-order chi connectivity index (χ0) is 11.9. The fourth-order valence-corrected chi connectivity index (χ4v) is 1.56. The van der Waals surface area contributed by atoms with Gasteiger partial charge in [-0.25, -0.2) is 0 Å². The molecule has 2 aromatic rings. The van der Waals surface area contributed by atoms with Crippen LogP contribution in [0.4, 0.5) is 0 Å². The summed E-state index contributed by atoms with van der Waals surface area (Å²) in [6, 6.07) is 15.4. The second kappa shape index (κ2) is 6.01. The Morgan fingerprint density at radius 2 is 1.82 bits per heavy atom. The van der Waals surface area contributed by atoms with Gasteiger partial charge in [0.15, 0.2) is 0 Å². The first kappa shape index (κ1) is 11.6. The van der Waals surface area contributed by atoms with Gasteiger partial charge in [0, 0.05) is 12.6 Å². The van der Waals surface area contributed by atoms with Crippen LogP contribution < -0.4 is 10.5 Å². The number of aromatic nitrogens is 1. The maximum atomic E-state index is 6.02. The lowest BCUT2D eigenvalue weighted by molar-refractivity contribution is 0.297. The van der Waals surface area contributed by atoms with Crippen LogP contribution in [0.15, 0.2) is 54.7 Å². The highest BCUT2D eigenvalue weighted by atomic mass is 16.5. The van der Waals surface area contributed by atoms with Gasteiger partial charge in [-0.05, 0) is 24.3 Å². The fraction of sp³-hybridized carbons (Fsp3) is 0.214. The molecule has 3 heteroatoms. The molecule has 0 bridgehead atoms. The number of hydrogen-bond acceptors (Lipinski definition) is 3. The van der Waals surface area contributed by atoms with Crippen LogP contribution in [-0.4, -0.2) is 11.6 Å². The molecule has 1 aromatic heterocycles. The molecule has 0 fully saturated rings. The van der Waals surface area contributed by atoms with Gasteiger partial charge in [-0.1, -0.05) is 24.3 Å². The first-order chi connectivity index (χ1) is 8.36. The van der Waals surface area contributed by atoms with Crippen molar-refractivity contribution in [3.05, 3.63) is 60.4 Å². The highest BCUT2D eigenvalue weighted by Crippen LogP contribution is 2.13. The maximum Gasteiger partial charge on any atom is 0.119 e. The summed E-state index contributed by atoms with van der Waals surface area (Å²) in [6.07, 6.45) is 2.51. The molecule has 3 nitrogen and oxygen atoms in total. The summed E-state index contributed by atoms with van der Waals surface area (Å²) < 4.78 is 5.59. The van der Waals surface area contributed by atoms with E-state index in [2.05, 4.69) is 4.98 Å². The molecule has 0 amide bonds. The van der Waals surface area contributed by atoms with Crippen molar-refractivity contribution in [2.75, 3.05) is 6.61 Å². The van der Waals surface area contributed by atoms with Gasteiger partial charge >= 0.3 is 0 Å². The lowest BCUT2D eigenvalue weighted by Crippen LogP contribution is -2.15. The number of para-hydroxylation sites is 1. The Kier molecular flexibility index (Phi) is 4.11. The molecule has 1 unspecified atom stereocenters. The number of rotatable bonds is 5. The van der Waals surface area contributed by atoms with E-state index in [4.69, 9.17) is 10.5 Å². The molecule has 1 heterocycles. The molecule has 0 saturated carbocycles. The number of benzene rings is 1. The third-order valence-corrected chi connectivity index (χ3v) is 2.51. The van der Waals surface area contributed by atoms with Crippen molar-refractivity contribution in [3.63, 3.8) is 0 Å². The predicted octanol–water partition coefficient (Wildman–Crippen LogP) is 2.55. The molecule has 0 aliphatic carbocycles. The van der Waals surface area contributed by atoms with Gasteiger partial charge in [0.1, 0.15) is 5.75 Å². The monoisotopic (exact) mass is 228 g/mol. The minimum Gasteiger partial charge on any atom is -0.494 e. The van der Waals surface area contributed by atoms with Crippen molar-refractivity contribution < 1.29 is 4.74 Å². The van der Waals surface area contributed by atoms with Crippen LogP contribution >= 0.6 is 0 Å². The molecule has 1 atom stereocenters. The number of hydrogen-bond donors (Lipinski definition) is 1. The Morgan fingerprint density at radius 3 is 2.53 bits per heavy atom. The van der Waals surface area contributed by atoms with Crippen LogP contribution in [0.2, 0.25) is 0 Å². The Hall–Kier alpha value is -1.87. The topological polar surface area (TPSA) is 48.1 Å².